The van der Waals surface area contributed by atoms with Crippen LogP contribution in [0.1, 0.15) is 29.0 Å². The third-order valence-electron chi connectivity index (χ3n) is 4.76. The number of hydrogen-bond donors (Lipinski definition) is 1. The number of pyridine rings is 1. The molecule has 1 unspecified atom stereocenters. The van der Waals surface area contributed by atoms with Gasteiger partial charge in [0.15, 0.2) is 0 Å². The SMILES string of the molecule is N#Cc1ccc(C2C[C@@H](COc3ccnc(Cl)c3)N[C@H]2C(F)(F)F)cc1C(F)(F)F. The maximum Gasteiger partial charge on any atom is 0.417 e. The molecule has 30 heavy (non-hydrogen) atoms. The summed E-state index contributed by atoms with van der Waals surface area (Å²) in [5, 5.41) is 11.4. The van der Waals surface area contributed by atoms with E-state index in [2.05, 4.69) is 10.3 Å². The lowest BCUT2D eigenvalue weighted by Gasteiger charge is -2.23. The maximum absolute atomic E-state index is 13.6. The van der Waals surface area contributed by atoms with E-state index < -0.39 is 41.5 Å². The Hall–Kier alpha value is -2.51. The molecular weight excluding hydrogens is 436 g/mol. The zero-order valence-corrected chi connectivity index (χ0v) is 15.8. The predicted molar refractivity (Wildman–Crippen MR) is 95.0 cm³/mol. The second-order valence-electron chi connectivity index (χ2n) is 6.76. The highest BCUT2D eigenvalue weighted by atomic mass is 35.5. The molecular formula is C19H14ClF6N3O. The van der Waals surface area contributed by atoms with Crippen LogP contribution in [0.3, 0.4) is 0 Å². The quantitative estimate of drug-likeness (QED) is 0.522. The Kier molecular flexibility index (Phi) is 6.15. The van der Waals surface area contributed by atoms with Gasteiger partial charge in [0.25, 0.3) is 0 Å². The number of alkyl halides is 6. The average Bonchev–Trinajstić information content (AvgIpc) is 3.10. The summed E-state index contributed by atoms with van der Waals surface area (Å²) in [5.41, 5.74) is -2.05. The van der Waals surface area contributed by atoms with E-state index in [0.717, 1.165) is 12.1 Å². The molecule has 2 heterocycles. The second kappa shape index (κ2) is 8.32. The smallest absolute Gasteiger partial charge is 0.417 e. The van der Waals surface area contributed by atoms with E-state index in [1.54, 1.807) is 0 Å². The molecule has 0 bridgehead atoms. The summed E-state index contributed by atoms with van der Waals surface area (Å²) in [6, 6.07) is 4.12. The summed E-state index contributed by atoms with van der Waals surface area (Å²) >= 11 is 5.73. The molecule has 1 saturated heterocycles. The molecule has 1 aliphatic rings. The first kappa shape index (κ1) is 22.2. The summed E-state index contributed by atoms with van der Waals surface area (Å²) in [5.74, 6) is -0.963. The Labute approximate surface area is 172 Å². The van der Waals surface area contributed by atoms with Crippen LogP contribution in [0.4, 0.5) is 26.3 Å². The van der Waals surface area contributed by atoms with Crippen LogP contribution in [0.15, 0.2) is 36.5 Å². The minimum atomic E-state index is -4.86. The van der Waals surface area contributed by atoms with Crippen LogP contribution in [0.2, 0.25) is 5.15 Å². The molecule has 1 fully saturated rings. The molecule has 1 aromatic heterocycles. The van der Waals surface area contributed by atoms with Crippen molar-refractivity contribution in [2.45, 2.75) is 36.8 Å². The second-order valence-corrected chi connectivity index (χ2v) is 7.15. The van der Waals surface area contributed by atoms with Crippen LogP contribution in [0.5, 0.6) is 5.75 Å². The summed E-state index contributed by atoms with van der Waals surface area (Å²) in [6.07, 6.45) is -8.28. The number of aromatic nitrogens is 1. The van der Waals surface area contributed by atoms with Crippen molar-refractivity contribution in [1.82, 2.24) is 10.3 Å². The van der Waals surface area contributed by atoms with Gasteiger partial charge in [-0.2, -0.15) is 31.6 Å². The van der Waals surface area contributed by atoms with E-state index in [1.807, 2.05) is 0 Å². The summed E-state index contributed by atoms with van der Waals surface area (Å²) in [4.78, 5) is 3.76. The van der Waals surface area contributed by atoms with Gasteiger partial charge >= 0.3 is 12.4 Å². The third-order valence-corrected chi connectivity index (χ3v) is 4.96. The molecule has 2 aromatic rings. The zero-order chi connectivity index (χ0) is 22.1. The first-order chi connectivity index (χ1) is 14.0. The van der Waals surface area contributed by atoms with E-state index in [4.69, 9.17) is 21.6 Å². The minimum Gasteiger partial charge on any atom is -0.492 e. The van der Waals surface area contributed by atoms with Crippen LogP contribution < -0.4 is 10.1 Å². The van der Waals surface area contributed by atoms with E-state index in [0.29, 0.717) is 11.8 Å². The third kappa shape index (κ3) is 4.96. The number of ether oxygens (including phenoxy) is 1. The molecule has 1 aromatic carbocycles. The summed E-state index contributed by atoms with van der Waals surface area (Å²) < 4.78 is 85.8. The van der Waals surface area contributed by atoms with Crippen LogP contribution in [0, 0.1) is 11.3 Å². The van der Waals surface area contributed by atoms with Crippen molar-refractivity contribution < 1.29 is 31.1 Å². The van der Waals surface area contributed by atoms with Crippen molar-refractivity contribution >= 4 is 11.6 Å². The molecule has 0 aliphatic carbocycles. The Morgan fingerprint density at radius 1 is 1.17 bits per heavy atom. The Morgan fingerprint density at radius 3 is 2.50 bits per heavy atom. The fourth-order valence-electron chi connectivity index (χ4n) is 3.44. The van der Waals surface area contributed by atoms with Gasteiger partial charge in [0, 0.05) is 24.2 Å². The number of hydrogen-bond acceptors (Lipinski definition) is 4. The van der Waals surface area contributed by atoms with E-state index >= 15 is 0 Å². The summed E-state index contributed by atoms with van der Waals surface area (Å²) in [6.45, 7) is -0.147. The lowest BCUT2D eigenvalue weighted by molar-refractivity contribution is -0.156. The normalized spacial score (nSPS) is 22.0. The number of nitriles is 1. The number of rotatable bonds is 4. The Balaban J connectivity index is 1.85. The van der Waals surface area contributed by atoms with Crippen LogP contribution in [-0.2, 0) is 6.18 Å². The Morgan fingerprint density at radius 2 is 1.90 bits per heavy atom. The van der Waals surface area contributed by atoms with Crippen molar-refractivity contribution in [3.8, 4) is 11.8 Å². The number of nitrogens with zero attached hydrogens (tertiary/aromatic N) is 2. The van der Waals surface area contributed by atoms with Gasteiger partial charge in [0.05, 0.1) is 17.2 Å². The van der Waals surface area contributed by atoms with Crippen molar-refractivity contribution in [3.63, 3.8) is 0 Å². The first-order valence-corrected chi connectivity index (χ1v) is 9.05. The van der Waals surface area contributed by atoms with Crippen molar-refractivity contribution in [1.29, 1.82) is 5.26 Å². The van der Waals surface area contributed by atoms with Gasteiger partial charge in [-0.1, -0.05) is 17.7 Å². The molecule has 0 saturated carbocycles. The summed E-state index contributed by atoms with van der Waals surface area (Å²) in [7, 11) is 0. The predicted octanol–water partition coefficient (Wildman–Crippen LogP) is 5.08. The van der Waals surface area contributed by atoms with Gasteiger partial charge in [-0.15, -0.1) is 0 Å². The van der Waals surface area contributed by atoms with E-state index in [-0.39, 0.29) is 23.7 Å². The number of halogens is 7. The molecule has 0 spiro atoms. The minimum absolute atomic E-state index is 0.105. The van der Waals surface area contributed by atoms with Crippen LogP contribution in [-0.4, -0.2) is 29.9 Å². The molecule has 11 heteroatoms. The highest BCUT2D eigenvalue weighted by molar-refractivity contribution is 6.29. The Bertz CT molecular complexity index is 957. The first-order valence-electron chi connectivity index (χ1n) is 8.67. The molecule has 3 atom stereocenters. The zero-order valence-electron chi connectivity index (χ0n) is 15.1. The van der Waals surface area contributed by atoms with E-state index in [9.17, 15) is 26.3 Å². The van der Waals surface area contributed by atoms with Crippen molar-refractivity contribution in [2.24, 2.45) is 0 Å². The lowest BCUT2D eigenvalue weighted by Crippen LogP contribution is -2.44. The fraction of sp³-hybridized carbons (Fsp3) is 0.368. The highest BCUT2D eigenvalue weighted by Gasteiger charge is 2.51. The molecule has 1 aliphatic heterocycles. The molecule has 0 radical (unpaired) electrons. The molecule has 4 nitrogen and oxygen atoms in total. The van der Waals surface area contributed by atoms with Gasteiger partial charge in [-0.25, -0.2) is 4.98 Å². The average molecular weight is 450 g/mol. The van der Waals surface area contributed by atoms with Gasteiger partial charge in [0.2, 0.25) is 0 Å². The highest BCUT2D eigenvalue weighted by Crippen LogP contribution is 2.42. The van der Waals surface area contributed by atoms with Crippen molar-refractivity contribution in [3.05, 3.63) is 58.4 Å². The number of benzene rings is 1. The van der Waals surface area contributed by atoms with Gasteiger partial charge in [0.1, 0.15) is 23.6 Å². The van der Waals surface area contributed by atoms with Gasteiger partial charge in [-0.05, 0) is 30.2 Å². The van der Waals surface area contributed by atoms with E-state index in [1.165, 1.54) is 24.4 Å². The fourth-order valence-corrected chi connectivity index (χ4v) is 3.61. The number of nitrogens with one attached hydrogen (secondary N) is 1. The largest absolute Gasteiger partial charge is 0.492 e. The topological polar surface area (TPSA) is 57.9 Å². The standard InChI is InChI=1S/C19H14ClF6N3O/c20-16-7-13(3-4-28-16)30-9-12-6-14(17(29-12)19(24,25)26)10-1-2-11(8-27)15(5-10)18(21,22)23/h1-5,7,12,14,17,29H,6,9H2/t12-,14?,17+/m0/s1. The van der Waals surface area contributed by atoms with Gasteiger partial charge < -0.3 is 4.74 Å². The van der Waals surface area contributed by atoms with Crippen molar-refractivity contribution in [2.75, 3.05) is 6.61 Å². The molecule has 160 valence electrons. The van der Waals surface area contributed by atoms with Crippen LogP contribution in [0.25, 0.3) is 0 Å². The van der Waals surface area contributed by atoms with Gasteiger partial charge in [-0.3, -0.25) is 5.32 Å². The maximum atomic E-state index is 13.6. The van der Waals surface area contributed by atoms with Crippen LogP contribution >= 0.6 is 11.6 Å². The molecule has 3 rings (SSSR count). The molecule has 1 N–H and O–H groups in total. The lowest BCUT2D eigenvalue weighted by atomic mass is 9.88. The molecule has 0 amide bonds. The monoisotopic (exact) mass is 449 g/mol.